The minimum absolute atomic E-state index is 0.0257. The highest BCUT2D eigenvalue weighted by Gasteiger charge is 2.44. The predicted molar refractivity (Wildman–Crippen MR) is 210 cm³/mol. The van der Waals surface area contributed by atoms with Crippen molar-refractivity contribution in [2.75, 3.05) is 27.8 Å². The highest BCUT2D eigenvalue weighted by atomic mass is 16.7. The van der Waals surface area contributed by atoms with Gasteiger partial charge in [-0.2, -0.15) is 0 Å². The molecule has 294 valence electrons. The van der Waals surface area contributed by atoms with Gasteiger partial charge in [0.1, 0.15) is 23.9 Å². The minimum Gasteiger partial charge on any atom is -0.491 e. The van der Waals surface area contributed by atoms with Crippen LogP contribution in [0.25, 0.3) is 0 Å². The number of aliphatic hydroxyl groups excluding tert-OH is 1. The molecule has 11 nitrogen and oxygen atoms in total. The number of aliphatic hydroxyl groups is 2. The molecule has 10 unspecified atom stereocenters. The van der Waals surface area contributed by atoms with Crippen LogP contribution in [0, 0.1) is 0 Å². The Morgan fingerprint density at radius 3 is 2.36 bits per heavy atom. The second-order valence-electron chi connectivity index (χ2n) is 14.1. The van der Waals surface area contributed by atoms with E-state index < -0.39 is 42.5 Å². The van der Waals surface area contributed by atoms with Gasteiger partial charge in [0.05, 0.1) is 25.9 Å². The van der Waals surface area contributed by atoms with E-state index in [1.807, 2.05) is 90.3 Å². The first-order chi connectivity index (χ1) is 25.3. The molecule has 3 heterocycles. The van der Waals surface area contributed by atoms with E-state index in [-0.39, 0.29) is 36.5 Å². The number of ether oxygens (including phenoxy) is 5. The summed E-state index contributed by atoms with van der Waals surface area (Å²) in [6.07, 6.45) is 24.4. The summed E-state index contributed by atoms with van der Waals surface area (Å²) in [6, 6.07) is -0.483. The molecule has 0 saturated carbocycles. The highest BCUT2D eigenvalue weighted by Crippen LogP contribution is 2.28. The molecular weight excluding hydrogens is 674 g/mol. The van der Waals surface area contributed by atoms with Crippen molar-refractivity contribution >= 4 is 5.91 Å². The number of methoxy groups -OCH3 is 1. The van der Waals surface area contributed by atoms with Crippen molar-refractivity contribution in [3.8, 4) is 0 Å². The number of likely N-dealkylation sites (N-methyl/N-ethyl adjacent to an activating group) is 2. The summed E-state index contributed by atoms with van der Waals surface area (Å²) in [5.41, 5.74) is 1.41. The van der Waals surface area contributed by atoms with E-state index in [2.05, 4.69) is 22.0 Å². The lowest BCUT2D eigenvalue weighted by Crippen LogP contribution is -2.62. The van der Waals surface area contributed by atoms with Crippen molar-refractivity contribution in [3.63, 3.8) is 0 Å². The van der Waals surface area contributed by atoms with Crippen LogP contribution >= 0.6 is 0 Å². The smallest absolute Gasteiger partial charge is 0.286 e. The molecule has 3 aliphatic rings. The molecule has 3 rings (SSSR count). The number of nitrogens with one attached hydrogen (secondary N) is 3. The van der Waals surface area contributed by atoms with Gasteiger partial charge in [0.25, 0.3) is 5.91 Å². The zero-order valence-corrected chi connectivity index (χ0v) is 33.0. The summed E-state index contributed by atoms with van der Waals surface area (Å²) in [6.45, 7) is 11.6. The van der Waals surface area contributed by atoms with E-state index in [1.54, 1.807) is 44.4 Å². The van der Waals surface area contributed by atoms with Gasteiger partial charge in [0, 0.05) is 12.1 Å². The minimum atomic E-state index is -1.48. The number of rotatable bonds is 7. The van der Waals surface area contributed by atoms with Crippen LogP contribution in [-0.2, 0) is 28.5 Å². The standard InChI is InChI=1S/C42H63N3O8/c1-28-16-12-13-20-36(53-41-38(44-8)39(46)35(27-50-41)52-37-24-23-33(43-7)32(5)51-37)42(6,48)25-14-10-11-17-30(3)26-34(49-9)40(47)45-31(4)22-21-29(2)19-15-18-28/h10-21,25-26,31-33,35-39,41,43-44,46,48H,22-24,27H2,1-9H3,(H,45,47)/b11-10?,16-12+,19-15+,20-13?,25-14?,28-18+,29-21+,30-17?,34-26?. The van der Waals surface area contributed by atoms with Crippen LogP contribution in [0.2, 0.25) is 0 Å². The molecule has 53 heavy (non-hydrogen) atoms. The molecule has 0 spiro atoms. The Morgan fingerprint density at radius 1 is 0.925 bits per heavy atom. The average molecular weight is 738 g/mol. The average Bonchev–Trinajstić information content (AvgIpc) is 3.11. The Labute approximate surface area is 316 Å². The molecule has 0 bridgehead atoms. The molecule has 2 saturated heterocycles. The summed E-state index contributed by atoms with van der Waals surface area (Å²) in [4.78, 5) is 12.9. The zero-order chi connectivity index (χ0) is 39.0. The van der Waals surface area contributed by atoms with Gasteiger partial charge in [-0.1, -0.05) is 90.1 Å². The van der Waals surface area contributed by atoms with E-state index in [0.29, 0.717) is 12.8 Å². The number of hydrogen-bond donors (Lipinski definition) is 5. The van der Waals surface area contributed by atoms with Crippen molar-refractivity contribution in [2.45, 2.75) is 122 Å². The summed E-state index contributed by atoms with van der Waals surface area (Å²) in [5, 5.41) is 32.5. The van der Waals surface area contributed by atoms with Crippen LogP contribution in [0.3, 0.4) is 0 Å². The van der Waals surface area contributed by atoms with Gasteiger partial charge in [-0.05, 0) is 86.5 Å². The Kier molecular flexibility index (Phi) is 18.4. The van der Waals surface area contributed by atoms with Gasteiger partial charge < -0.3 is 49.8 Å². The third-order valence-electron chi connectivity index (χ3n) is 9.46. The Balaban J connectivity index is 1.85. The molecule has 10 atom stereocenters. The van der Waals surface area contributed by atoms with Crippen LogP contribution < -0.4 is 16.0 Å². The van der Waals surface area contributed by atoms with Crippen molar-refractivity contribution < 1.29 is 38.7 Å². The van der Waals surface area contributed by atoms with Crippen LogP contribution in [0.1, 0.15) is 60.8 Å². The molecule has 0 aromatic carbocycles. The molecular formula is C42H63N3O8. The molecule has 0 radical (unpaired) electrons. The maximum Gasteiger partial charge on any atom is 0.286 e. The highest BCUT2D eigenvalue weighted by molar-refractivity contribution is 5.92. The second kappa shape index (κ2) is 22.1. The van der Waals surface area contributed by atoms with Crippen LogP contribution in [0.5, 0.6) is 0 Å². The maximum absolute atomic E-state index is 12.9. The Bertz CT molecular complexity index is 1460. The molecule has 1 amide bonds. The van der Waals surface area contributed by atoms with Gasteiger partial charge in [-0.25, -0.2) is 0 Å². The van der Waals surface area contributed by atoms with Crippen LogP contribution in [0.15, 0.2) is 108 Å². The van der Waals surface area contributed by atoms with Gasteiger partial charge in [0.2, 0.25) is 0 Å². The molecule has 5 N–H and O–H groups in total. The molecule has 3 aliphatic heterocycles. The van der Waals surface area contributed by atoms with E-state index in [1.165, 1.54) is 7.11 Å². The Hall–Kier alpha value is -3.39. The molecule has 2 fully saturated rings. The summed E-state index contributed by atoms with van der Waals surface area (Å²) in [5.74, 6) is -0.0812. The van der Waals surface area contributed by atoms with Crippen molar-refractivity contribution in [1.82, 2.24) is 16.0 Å². The number of carbonyl (C=O) groups is 1. The molecule has 0 aromatic heterocycles. The van der Waals surface area contributed by atoms with Crippen molar-refractivity contribution in [1.29, 1.82) is 0 Å². The topological polar surface area (TPSA) is 140 Å². The molecule has 0 aromatic rings. The third-order valence-corrected chi connectivity index (χ3v) is 9.46. The first kappa shape index (κ1) is 44.0. The fourth-order valence-corrected chi connectivity index (χ4v) is 6.14. The number of hydrogen-bond acceptors (Lipinski definition) is 10. The lowest BCUT2D eigenvalue weighted by Gasteiger charge is -2.44. The van der Waals surface area contributed by atoms with Gasteiger partial charge >= 0.3 is 0 Å². The van der Waals surface area contributed by atoms with Crippen LogP contribution in [0.4, 0.5) is 0 Å². The van der Waals surface area contributed by atoms with Gasteiger partial charge in [0.15, 0.2) is 18.3 Å². The first-order valence-corrected chi connectivity index (χ1v) is 18.6. The number of allylic oxidation sites excluding steroid dienone is 14. The number of amides is 1. The Morgan fingerprint density at radius 2 is 1.66 bits per heavy atom. The second-order valence-corrected chi connectivity index (χ2v) is 14.1. The van der Waals surface area contributed by atoms with Crippen molar-refractivity contribution in [3.05, 3.63) is 108 Å². The van der Waals surface area contributed by atoms with Gasteiger partial charge in [-0.15, -0.1) is 0 Å². The maximum atomic E-state index is 12.9. The molecule has 11 heteroatoms. The van der Waals surface area contributed by atoms with E-state index >= 15 is 0 Å². The normalized spacial score (nSPS) is 37.5. The fraction of sp³-hybridized carbons (Fsp3) is 0.548. The fourth-order valence-electron chi connectivity index (χ4n) is 6.14. The van der Waals surface area contributed by atoms with Gasteiger partial charge in [-0.3, -0.25) is 4.79 Å². The summed E-state index contributed by atoms with van der Waals surface area (Å²) in [7, 11) is 5.12. The summed E-state index contributed by atoms with van der Waals surface area (Å²) < 4.78 is 30.2. The SMILES string of the molecule is CNC1CCC(OC2COC(OC3C=C/C=C/C(C)=C/C=C/C(C)=C/CC(C)NC(=O)C(OC)=CC(C)=CC=CC=CC3(C)O)C(NC)C2O)OC1C. The van der Waals surface area contributed by atoms with Crippen LogP contribution in [-0.4, -0.2) is 105 Å². The largest absolute Gasteiger partial charge is 0.491 e. The number of carbonyl (C=O) groups excluding carboxylic acids is 1. The van der Waals surface area contributed by atoms with E-state index in [9.17, 15) is 15.0 Å². The monoisotopic (exact) mass is 737 g/mol. The quantitative estimate of drug-likeness (QED) is 0.243. The molecule has 0 aliphatic carbocycles. The summed E-state index contributed by atoms with van der Waals surface area (Å²) >= 11 is 0. The first-order valence-electron chi connectivity index (χ1n) is 18.6. The van der Waals surface area contributed by atoms with E-state index in [0.717, 1.165) is 23.1 Å². The third kappa shape index (κ3) is 14.4. The van der Waals surface area contributed by atoms with E-state index in [4.69, 9.17) is 23.7 Å². The predicted octanol–water partition coefficient (Wildman–Crippen LogP) is 4.98. The zero-order valence-electron chi connectivity index (χ0n) is 33.0. The lowest BCUT2D eigenvalue weighted by molar-refractivity contribution is -0.295. The lowest BCUT2D eigenvalue weighted by atomic mass is 9.96. The van der Waals surface area contributed by atoms with Crippen molar-refractivity contribution in [2.24, 2.45) is 0 Å².